The van der Waals surface area contributed by atoms with Crippen molar-refractivity contribution in [2.45, 2.75) is 0 Å². The van der Waals surface area contributed by atoms with Crippen molar-refractivity contribution in [1.29, 1.82) is 0 Å². The van der Waals surface area contributed by atoms with Gasteiger partial charge in [0.2, 0.25) is 0 Å². The van der Waals surface area contributed by atoms with Crippen molar-refractivity contribution in [3.63, 3.8) is 0 Å². The summed E-state index contributed by atoms with van der Waals surface area (Å²) in [7, 11) is 2.74. The third kappa shape index (κ3) is 1.32. The molecule has 0 radical (unpaired) electrons. The quantitative estimate of drug-likeness (QED) is 0.544. The van der Waals surface area contributed by atoms with E-state index in [0.717, 1.165) is 0 Å². The highest BCUT2D eigenvalue weighted by molar-refractivity contribution is 5.84. The van der Waals surface area contributed by atoms with E-state index in [9.17, 15) is 9.59 Å². The molecular formula is C14H16O4. The van der Waals surface area contributed by atoms with Crippen molar-refractivity contribution in [3.05, 3.63) is 24.3 Å². The predicted molar refractivity (Wildman–Crippen MR) is 63.3 cm³/mol. The van der Waals surface area contributed by atoms with Crippen LogP contribution in [0.2, 0.25) is 0 Å². The lowest BCUT2D eigenvalue weighted by Crippen LogP contribution is -2.55. The van der Waals surface area contributed by atoms with Gasteiger partial charge in [-0.15, -0.1) is 0 Å². The van der Waals surface area contributed by atoms with Gasteiger partial charge in [0.1, 0.15) is 0 Å². The van der Waals surface area contributed by atoms with E-state index in [1.165, 1.54) is 14.2 Å². The summed E-state index contributed by atoms with van der Waals surface area (Å²) < 4.78 is 9.74. The lowest BCUT2D eigenvalue weighted by Gasteiger charge is -2.53. The number of allylic oxidation sites excluding steroid dienone is 4. The van der Waals surface area contributed by atoms with Crippen LogP contribution >= 0.6 is 0 Å². The molecule has 4 aliphatic rings. The van der Waals surface area contributed by atoms with E-state index in [1.807, 2.05) is 0 Å². The Morgan fingerprint density at radius 3 is 1.33 bits per heavy atom. The zero-order chi connectivity index (χ0) is 12.9. The number of hydrogen-bond acceptors (Lipinski definition) is 4. The van der Waals surface area contributed by atoms with Crippen LogP contribution in [0.25, 0.3) is 0 Å². The van der Waals surface area contributed by atoms with Crippen LogP contribution in [0.3, 0.4) is 0 Å². The average molecular weight is 248 g/mol. The first-order valence-electron chi connectivity index (χ1n) is 6.21. The molecule has 0 spiro atoms. The van der Waals surface area contributed by atoms with Gasteiger partial charge < -0.3 is 9.47 Å². The molecule has 96 valence electrons. The summed E-state index contributed by atoms with van der Waals surface area (Å²) in [4.78, 5) is 24.0. The lowest BCUT2D eigenvalue weighted by atomic mass is 9.50. The first kappa shape index (κ1) is 11.5. The van der Waals surface area contributed by atoms with Crippen LogP contribution in [-0.2, 0) is 19.1 Å². The van der Waals surface area contributed by atoms with Crippen LogP contribution in [-0.4, -0.2) is 26.2 Å². The fourth-order valence-corrected chi connectivity index (χ4v) is 3.73. The Balaban J connectivity index is 2.00. The molecule has 6 atom stereocenters. The minimum absolute atomic E-state index is 0.0709. The number of carbonyl (C=O) groups is 2. The van der Waals surface area contributed by atoms with Gasteiger partial charge in [-0.1, -0.05) is 24.3 Å². The van der Waals surface area contributed by atoms with Gasteiger partial charge >= 0.3 is 11.9 Å². The van der Waals surface area contributed by atoms with Crippen molar-refractivity contribution in [3.8, 4) is 0 Å². The van der Waals surface area contributed by atoms with E-state index in [4.69, 9.17) is 9.47 Å². The van der Waals surface area contributed by atoms with Gasteiger partial charge in [-0.2, -0.15) is 0 Å². The Hall–Kier alpha value is -1.58. The normalized spacial score (nSPS) is 43.0. The van der Waals surface area contributed by atoms with Gasteiger partial charge in [-0.3, -0.25) is 9.59 Å². The molecular weight excluding hydrogens is 232 g/mol. The Morgan fingerprint density at radius 2 is 1.06 bits per heavy atom. The second kappa shape index (κ2) is 3.97. The Kier molecular flexibility index (Phi) is 2.54. The molecule has 0 N–H and O–H groups in total. The molecule has 18 heavy (non-hydrogen) atoms. The Bertz CT molecular complexity index is 411. The molecule has 4 heteroatoms. The zero-order valence-electron chi connectivity index (χ0n) is 10.4. The van der Waals surface area contributed by atoms with Crippen LogP contribution in [0.5, 0.6) is 0 Å². The second-order valence-electron chi connectivity index (χ2n) is 5.18. The molecule has 0 aromatic rings. The number of methoxy groups -OCH3 is 2. The molecule has 1 saturated carbocycles. The third-order valence-electron chi connectivity index (χ3n) is 4.61. The van der Waals surface area contributed by atoms with Gasteiger partial charge in [0, 0.05) is 0 Å². The van der Waals surface area contributed by atoms with Crippen molar-refractivity contribution < 1.29 is 19.1 Å². The minimum atomic E-state index is -0.399. The maximum Gasteiger partial charge on any atom is 0.310 e. The van der Waals surface area contributed by atoms with E-state index >= 15 is 0 Å². The summed E-state index contributed by atoms with van der Waals surface area (Å²) in [6, 6.07) is 0. The van der Waals surface area contributed by atoms with E-state index in [2.05, 4.69) is 24.3 Å². The number of rotatable bonds is 2. The summed E-state index contributed by atoms with van der Waals surface area (Å²) in [5.74, 6) is -0.502. The van der Waals surface area contributed by atoms with Crippen LogP contribution in [0.4, 0.5) is 0 Å². The Morgan fingerprint density at radius 1 is 0.722 bits per heavy atom. The van der Waals surface area contributed by atoms with Gasteiger partial charge in [0.15, 0.2) is 0 Å². The maximum absolute atomic E-state index is 12.0. The first-order chi connectivity index (χ1) is 8.69. The summed E-state index contributed by atoms with van der Waals surface area (Å²) in [6.45, 7) is 0. The predicted octanol–water partition coefficient (Wildman–Crippen LogP) is 1.18. The van der Waals surface area contributed by atoms with Crippen LogP contribution in [0.15, 0.2) is 24.3 Å². The van der Waals surface area contributed by atoms with E-state index in [-0.39, 0.29) is 23.8 Å². The van der Waals surface area contributed by atoms with E-state index < -0.39 is 11.8 Å². The molecule has 4 rings (SSSR count). The van der Waals surface area contributed by atoms with E-state index in [1.54, 1.807) is 0 Å². The summed E-state index contributed by atoms with van der Waals surface area (Å²) in [5, 5.41) is 0. The van der Waals surface area contributed by atoms with Crippen LogP contribution in [0.1, 0.15) is 0 Å². The van der Waals surface area contributed by atoms with Crippen molar-refractivity contribution >= 4 is 11.9 Å². The number of esters is 2. The number of fused-ring (bicyclic) bond motifs is 1. The average Bonchev–Trinajstić information content (AvgIpc) is 2.35. The Labute approximate surface area is 106 Å². The number of hydrogen-bond donors (Lipinski definition) is 0. The van der Waals surface area contributed by atoms with Crippen molar-refractivity contribution in [2.75, 3.05) is 14.2 Å². The van der Waals surface area contributed by atoms with Crippen molar-refractivity contribution in [2.24, 2.45) is 35.5 Å². The second-order valence-corrected chi connectivity index (χ2v) is 5.18. The molecule has 4 unspecified atom stereocenters. The van der Waals surface area contributed by atoms with Crippen molar-refractivity contribution in [1.82, 2.24) is 0 Å². The van der Waals surface area contributed by atoms with Gasteiger partial charge in [0.25, 0.3) is 0 Å². The topological polar surface area (TPSA) is 52.6 Å². The van der Waals surface area contributed by atoms with Gasteiger partial charge in [-0.05, 0) is 23.7 Å². The molecule has 0 saturated heterocycles. The van der Waals surface area contributed by atoms with Gasteiger partial charge in [0.05, 0.1) is 26.1 Å². The minimum Gasteiger partial charge on any atom is -0.469 e. The highest BCUT2D eigenvalue weighted by Crippen LogP contribution is 2.56. The summed E-state index contributed by atoms with van der Waals surface area (Å²) in [6.07, 6.45) is 8.40. The van der Waals surface area contributed by atoms with Gasteiger partial charge in [-0.25, -0.2) is 0 Å². The zero-order valence-corrected chi connectivity index (χ0v) is 10.4. The molecule has 0 aromatic heterocycles. The SMILES string of the molecule is COC(=O)[C@@H]1C2C=CC(C3C=CC32)[C@@H]1C(=O)OC. The molecule has 4 aliphatic carbocycles. The summed E-state index contributed by atoms with van der Waals surface area (Å²) in [5.41, 5.74) is 0. The van der Waals surface area contributed by atoms with E-state index in [0.29, 0.717) is 11.8 Å². The standard InChI is InChI=1S/C14H16O4/c1-17-13(15)11-9-5-6-10(8-4-3-7(8)9)12(11)14(16)18-2/h3-12H,1-2H3/t7?,8?,9?,10?,11-,12+. The molecule has 0 amide bonds. The molecule has 1 fully saturated rings. The first-order valence-corrected chi connectivity index (χ1v) is 6.21. The highest BCUT2D eigenvalue weighted by atomic mass is 16.5. The van der Waals surface area contributed by atoms with Crippen LogP contribution < -0.4 is 0 Å². The molecule has 0 aromatic carbocycles. The number of carbonyl (C=O) groups excluding carboxylic acids is 2. The highest BCUT2D eigenvalue weighted by Gasteiger charge is 2.58. The smallest absolute Gasteiger partial charge is 0.310 e. The number of ether oxygens (including phenoxy) is 2. The lowest BCUT2D eigenvalue weighted by molar-refractivity contribution is -0.167. The monoisotopic (exact) mass is 248 g/mol. The fraction of sp³-hybridized carbons (Fsp3) is 0.571. The molecule has 2 bridgehead atoms. The largest absolute Gasteiger partial charge is 0.469 e. The molecule has 4 nitrogen and oxygen atoms in total. The summed E-state index contributed by atoms with van der Waals surface area (Å²) >= 11 is 0. The molecule has 0 aliphatic heterocycles. The fourth-order valence-electron chi connectivity index (χ4n) is 3.73. The van der Waals surface area contributed by atoms with Crippen LogP contribution in [0, 0.1) is 35.5 Å². The maximum atomic E-state index is 12.0. The third-order valence-corrected chi connectivity index (χ3v) is 4.61. The molecule has 0 heterocycles.